The van der Waals surface area contributed by atoms with Crippen molar-refractivity contribution in [2.45, 2.75) is 0 Å². The molecule has 0 radical (unpaired) electrons. The third-order valence-electron chi connectivity index (χ3n) is 4.88. The standard InChI is InChI=1S/C22H22N4O3S/c27-19-7-2-6-18(15-19)25-9-11-26(12-10-25)22(29)24-17-5-1-4-16(14-17)23-21(28)20-8-3-13-30-20/h1-8,13-15,27H,9-12H2,(H,23,28)(H,24,29). The van der Waals surface area contributed by atoms with E-state index in [0.717, 1.165) is 5.69 Å². The van der Waals surface area contributed by atoms with E-state index in [4.69, 9.17) is 0 Å². The molecule has 3 aromatic rings. The molecule has 0 bridgehead atoms. The average Bonchev–Trinajstić information content (AvgIpc) is 3.29. The molecule has 0 saturated carbocycles. The first-order valence-electron chi connectivity index (χ1n) is 9.63. The highest BCUT2D eigenvalue weighted by atomic mass is 32.1. The zero-order valence-electron chi connectivity index (χ0n) is 16.2. The number of rotatable bonds is 4. The topological polar surface area (TPSA) is 84.9 Å². The zero-order chi connectivity index (χ0) is 20.9. The van der Waals surface area contributed by atoms with Gasteiger partial charge in [0.25, 0.3) is 5.91 Å². The van der Waals surface area contributed by atoms with Crippen LogP contribution in [0.15, 0.2) is 66.0 Å². The summed E-state index contributed by atoms with van der Waals surface area (Å²) in [7, 11) is 0. The second-order valence-electron chi connectivity index (χ2n) is 6.94. The molecule has 1 saturated heterocycles. The molecule has 1 fully saturated rings. The maximum Gasteiger partial charge on any atom is 0.321 e. The Balaban J connectivity index is 1.32. The van der Waals surface area contributed by atoms with Crippen LogP contribution in [-0.2, 0) is 0 Å². The summed E-state index contributed by atoms with van der Waals surface area (Å²) in [6.07, 6.45) is 0. The van der Waals surface area contributed by atoms with Crippen molar-refractivity contribution in [1.82, 2.24) is 4.90 Å². The summed E-state index contributed by atoms with van der Waals surface area (Å²) in [5, 5.41) is 17.3. The number of benzene rings is 2. The highest BCUT2D eigenvalue weighted by Gasteiger charge is 2.21. The van der Waals surface area contributed by atoms with E-state index in [9.17, 15) is 14.7 Å². The van der Waals surface area contributed by atoms with Gasteiger partial charge in [0.2, 0.25) is 0 Å². The molecule has 7 nitrogen and oxygen atoms in total. The second-order valence-corrected chi connectivity index (χ2v) is 7.88. The van der Waals surface area contributed by atoms with Crippen LogP contribution in [0.25, 0.3) is 0 Å². The number of carbonyl (C=O) groups excluding carboxylic acids is 2. The SMILES string of the molecule is O=C(Nc1cccc(NC(=O)N2CCN(c3cccc(O)c3)CC2)c1)c1cccs1. The normalized spacial score (nSPS) is 13.7. The highest BCUT2D eigenvalue weighted by Crippen LogP contribution is 2.22. The van der Waals surface area contributed by atoms with Gasteiger partial charge in [-0.1, -0.05) is 18.2 Å². The first-order valence-corrected chi connectivity index (χ1v) is 10.5. The lowest BCUT2D eigenvalue weighted by atomic mass is 10.2. The number of hydrogen-bond donors (Lipinski definition) is 3. The van der Waals surface area contributed by atoms with E-state index in [-0.39, 0.29) is 17.7 Å². The number of hydrogen-bond acceptors (Lipinski definition) is 5. The van der Waals surface area contributed by atoms with Gasteiger partial charge >= 0.3 is 6.03 Å². The van der Waals surface area contributed by atoms with Crippen molar-refractivity contribution in [3.8, 4) is 5.75 Å². The van der Waals surface area contributed by atoms with Gasteiger partial charge in [0.05, 0.1) is 4.88 Å². The summed E-state index contributed by atoms with van der Waals surface area (Å²) in [5.41, 5.74) is 2.20. The fourth-order valence-corrected chi connectivity index (χ4v) is 3.95. The number of anilines is 3. The van der Waals surface area contributed by atoms with E-state index in [1.165, 1.54) is 11.3 Å². The van der Waals surface area contributed by atoms with Crippen molar-refractivity contribution in [2.75, 3.05) is 41.7 Å². The first kappa shape index (κ1) is 19.8. The summed E-state index contributed by atoms with van der Waals surface area (Å²) in [6, 6.07) is 17.7. The van der Waals surface area contributed by atoms with Crippen LogP contribution in [0, 0.1) is 0 Å². The molecule has 1 aromatic heterocycles. The van der Waals surface area contributed by atoms with Crippen molar-refractivity contribution in [3.05, 3.63) is 70.9 Å². The number of nitrogens with zero attached hydrogens (tertiary/aromatic N) is 2. The Hall–Kier alpha value is -3.52. The molecule has 1 aliphatic rings. The highest BCUT2D eigenvalue weighted by molar-refractivity contribution is 7.12. The minimum atomic E-state index is -0.174. The molecule has 0 aliphatic carbocycles. The van der Waals surface area contributed by atoms with Gasteiger partial charge in [-0.15, -0.1) is 11.3 Å². The van der Waals surface area contributed by atoms with Gasteiger partial charge in [-0.05, 0) is 41.8 Å². The van der Waals surface area contributed by atoms with Crippen LogP contribution in [0.1, 0.15) is 9.67 Å². The summed E-state index contributed by atoms with van der Waals surface area (Å²) >= 11 is 1.38. The lowest BCUT2D eigenvalue weighted by molar-refractivity contribution is 0.103. The number of carbonyl (C=O) groups is 2. The minimum Gasteiger partial charge on any atom is -0.508 e. The second kappa shape index (κ2) is 8.87. The van der Waals surface area contributed by atoms with Crippen molar-refractivity contribution in [2.24, 2.45) is 0 Å². The number of urea groups is 1. The molecule has 2 aromatic carbocycles. The molecule has 4 rings (SSSR count). The number of nitrogens with one attached hydrogen (secondary N) is 2. The van der Waals surface area contributed by atoms with Crippen LogP contribution in [0.4, 0.5) is 21.9 Å². The third-order valence-corrected chi connectivity index (χ3v) is 5.75. The van der Waals surface area contributed by atoms with E-state index in [0.29, 0.717) is 42.4 Å². The molecule has 30 heavy (non-hydrogen) atoms. The first-order chi connectivity index (χ1) is 14.6. The van der Waals surface area contributed by atoms with Gasteiger partial charge in [0.15, 0.2) is 0 Å². The number of thiophene rings is 1. The van der Waals surface area contributed by atoms with E-state index in [1.807, 2.05) is 23.6 Å². The lowest BCUT2D eigenvalue weighted by Crippen LogP contribution is -2.50. The van der Waals surface area contributed by atoms with E-state index in [1.54, 1.807) is 47.4 Å². The Morgan fingerprint density at radius 1 is 0.867 bits per heavy atom. The van der Waals surface area contributed by atoms with E-state index >= 15 is 0 Å². The molecular weight excluding hydrogens is 400 g/mol. The van der Waals surface area contributed by atoms with Crippen LogP contribution in [0.2, 0.25) is 0 Å². The molecule has 1 aliphatic heterocycles. The van der Waals surface area contributed by atoms with Crippen LogP contribution in [0.3, 0.4) is 0 Å². The Kier molecular flexibility index (Phi) is 5.85. The Bertz CT molecular complexity index is 1030. The fourth-order valence-electron chi connectivity index (χ4n) is 3.34. The molecule has 3 N–H and O–H groups in total. The van der Waals surface area contributed by atoms with Gasteiger partial charge in [-0.3, -0.25) is 4.79 Å². The maximum absolute atomic E-state index is 12.7. The van der Waals surface area contributed by atoms with Crippen LogP contribution in [-0.4, -0.2) is 48.1 Å². The number of piperazine rings is 1. The number of aromatic hydroxyl groups is 1. The van der Waals surface area contributed by atoms with Crippen molar-refractivity contribution in [3.63, 3.8) is 0 Å². The van der Waals surface area contributed by atoms with E-state index in [2.05, 4.69) is 15.5 Å². The van der Waals surface area contributed by atoms with E-state index < -0.39 is 0 Å². The van der Waals surface area contributed by atoms with Crippen molar-refractivity contribution < 1.29 is 14.7 Å². The summed E-state index contributed by atoms with van der Waals surface area (Å²) in [6.45, 7) is 2.54. The Morgan fingerprint density at radius 3 is 2.30 bits per heavy atom. The van der Waals surface area contributed by atoms with Gasteiger partial charge in [-0.25, -0.2) is 4.79 Å². The summed E-state index contributed by atoms with van der Waals surface area (Å²) in [4.78, 5) is 29.4. The molecular formula is C22H22N4O3S. The molecule has 0 atom stereocenters. The Labute approximate surface area is 178 Å². The van der Waals surface area contributed by atoms with Gasteiger partial charge in [0, 0.05) is 49.3 Å². The molecule has 0 unspecified atom stereocenters. The van der Waals surface area contributed by atoms with Crippen molar-refractivity contribution in [1.29, 1.82) is 0 Å². The third kappa shape index (κ3) is 4.72. The Morgan fingerprint density at radius 2 is 1.60 bits per heavy atom. The average molecular weight is 423 g/mol. The maximum atomic E-state index is 12.7. The molecule has 2 heterocycles. The minimum absolute atomic E-state index is 0.170. The largest absolute Gasteiger partial charge is 0.508 e. The summed E-state index contributed by atoms with van der Waals surface area (Å²) in [5.74, 6) is 0.0651. The quantitative estimate of drug-likeness (QED) is 0.592. The number of amides is 3. The predicted molar refractivity (Wildman–Crippen MR) is 120 cm³/mol. The van der Waals surface area contributed by atoms with Crippen LogP contribution >= 0.6 is 11.3 Å². The smallest absolute Gasteiger partial charge is 0.321 e. The lowest BCUT2D eigenvalue weighted by Gasteiger charge is -2.36. The molecule has 8 heteroatoms. The molecule has 3 amide bonds. The van der Waals surface area contributed by atoms with Crippen molar-refractivity contribution >= 4 is 40.3 Å². The van der Waals surface area contributed by atoms with Gasteiger partial charge in [0.1, 0.15) is 5.75 Å². The number of phenols is 1. The van der Waals surface area contributed by atoms with Crippen LogP contribution < -0.4 is 15.5 Å². The van der Waals surface area contributed by atoms with Gasteiger partial charge < -0.3 is 25.5 Å². The van der Waals surface area contributed by atoms with Crippen LogP contribution in [0.5, 0.6) is 5.75 Å². The molecule has 0 spiro atoms. The predicted octanol–water partition coefficient (Wildman–Crippen LogP) is 4.06. The van der Waals surface area contributed by atoms with Gasteiger partial charge in [-0.2, -0.15) is 0 Å². The number of phenolic OH excluding ortho intramolecular Hbond substituents is 1. The fraction of sp³-hybridized carbons (Fsp3) is 0.182. The molecule has 154 valence electrons. The zero-order valence-corrected chi connectivity index (χ0v) is 17.1. The monoisotopic (exact) mass is 422 g/mol. The summed E-state index contributed by atoms with van der Waals surface area (Å²) < 4.78 is 0.